The maximum atomic E-state index is 13.1. The third-order valence-corrected chi connectivity index (χ3v) is 10.1. The summed E-state index contributed by atoms with van der Waals surface area (Å²) in [7, 11) is 0. The van der Waals surface area contributed by atoms with E-state index in [4.69, 9.17) is 5.11 Å². The minimum Gasteiger partial charge on any atom is -0.481 e. The fourth-order valence-electron chi connectivity index (χ4n) is 8.40. The summed E-state index contributed by atoms with van der Waals surface area (Å²) in [6, 6.07) is 0. The van der Waals surface area contributed by atoms with Gasteiger partial charge in [-0.15, -0.1) is 0 Å². The second-order valence-electron chi connectivity index (χ2n) is 11.2. The summed E-state index contributed by atoms with van der Waals surface area (Å²) in [5.41, 5.74) is -1.42. The normalized spacial score (nSPS) is 50.4. The zero-order valence-corrected chi connectivity index (χ0v) is 18.7. The summed E-state index contributed by atoms with van der Waals surface area (Å²) >= 11 is 0. The van der Waals surface area contributed by atoms with Crippen LogP contribution in [0.4, 0.5) is 0 Å². The lowest BCUT2D eigenvalue weighted by Gasteiger charge is -2.62. The van der Waals surface area contributed by atoms with Crippen molar-refractivity contribution in [2.24, 2.45) is 46.3 Å². The molecule has 0 aliphatic heterocycles. The van der Waals surface area contributed by atoms with Crippen LogP contribution in [0.1, 0.15) is 65.7 Å². The molecule has 0 spiro atoms. The Hall–Kier alpha value is -1.31. The van der Waals surface area contributed by atoms with E-state index in [1.165, 1.54) is 0 Å². The second kappa shape index (κ2) is 7.63. The molecule has 0 amide bonds. The van der Waals surface area contributed by atoms with E-state index in [2.05, 4.69) is 13.8 Å². The lowest BCUT2D eigenvalue weighted by molar-refractivity contribution is -0.205. The van der Waals surface area contributed by atoms with Crippen LogP contribution in [0.3, 0.4) is 0 Å². The van der Waals surface area contributed by atoms with Gasteiger partial charge in [0.15, 0.2) is 0 Å². The molecule has 3 unspecified atom stereocenters. The lowest BCUT2D eigenvalue weighted by atomic mass is 9.42. The van der Waals surface area contributed by atoms with Crippen molar-refractivity contribution >= 4 is 17.5 Å². The number of carboxylic acid groups (broad SMARTS) is 1. The molecule has 4 N–H and O–H groups in total. The molecule has 0 saturated heterocycles. The topological polar surface area (TPSA) is 132 Å². The van der Waals surface area contributed by atoms with Crippen molar-refractivity contribution in [3.8, 4) is 0 Å². The molecule has 7 nitrogen and oxygen atoms in total. The van der Waals surface area contributed by atoms with Crippen LogP contribution in [-0.4, -0.2) is 56.3 Å². The predicted molar refractivity (Wildman–Crippen MR) is 111 cm³/mol. The van der Waals surface area contributed by atoms with Gasteiger partial charge in [0.25, 0.3) is 0 Å². The molecule has 0 bridgehead atoms. The van der Waals surface area contributed by atoms with Crippen molar-refractivity contribution in [2.45, 2.75) is 84.0 Å². The summed E-state index contributed by atoms with van der Waals surface area (Å²) in [6.45, 7) is 5.94. The van der Waals surface area contributed by atoms with Gasteiger partial charge in [-0.25, -0.2) is 0 Å². The van der Waals surface area contributed by atoms with Gasteiger partial charge in [0.05, 0.1) is 12.2 Å². The number of aliphatic carboxylic acids is 1. The maximum Gasteiger partial charge on any atom is 0.303 e. The van der Waals surface area contributed by atoms with E-state index >= 15 is 0 Å². The first-order valence-electron chi connectivity index (χ1n) is 11.8. The summed E-state index contributed by atoms with van der Waals surface area (Å²) in [5, 5.41) is 41.8. The van der Waals surface area contributed by atoms with Crippen molar-refractivity contribution < 1.29 is 34.8 Å². The van der Waals surface area contributed by atoms with Gasteiger partial charge in [-0.05, 0) is 79.4 Å². The van der Waals surface area contributed by atoms with Gasteiger partial charge >= 0.3 is 5.97 Å². The number of aliphatic hydroxyl groups excluding tert-OH is 3. The van der Waals surface area contributed by atoms with E-state index in [0.717, 1.165) is 12.8 Å². The lowest BCUT2D eigenvalue weighted by Crippen LogP contribution is -2.66. The Morgan fingerprint density at radius 2 is 1.74 bits per heavy atom. The minimum atomic E-state index is -1.29. The molecule has 0 aromatic heterocycles. The molecule has 4 aliphatic rings. The number of rotatable bonds is 4. The second-order valence-corrected chi connectivity index (χ2v) is 11.2. The summed E-state index contributed by atoms with van der Waals surface area (Å²) in [5.74, 6) is -2.55. The molecule has 4 aliphatic carbocycles. The third kappa shape index (κ3) is 3.14. The Kier molecular flexibility index (Phi) is 5.63. The maximum absolute atomic E-state index is 13.1. The summed E-state index contributed by atoms with van der Waals surface area (Å²) in [4.78, 5) is 36.6. The first-order chi connectivity index (χ1) is 14.4. The fourth-order valence-corrected chi connectivity index (χ4v) is 8.40. The molecule has 0 radical (unpaired) electrons. The van der Waals surface area contributed by atoms with Gasteiger partial charge in [0, 0.05) is 11.8 Å². The zero-order chi connectivity index (χ0) is 22.9. The van der Waals surface area contributed by atoms with Crippen LogP contribution < -0.4 is 0 Å². The first-order valence-corrected chi connectivity index (χ1v) is 11.8. The molecule has 0 aromatic carbocycles. The van der Waals surface area contributed by atoms with E-state index in [0.29, 0.717) is 19.3 Å². The predicted octanol–water partition coefficient (Wildman–Crippen LogP) is 1.81. The Morgan fingerprint density at radius 1 is 1.06 bits per heavy atom. The van der Waals surface area contributed by atoms with Gasteiger partial charge in [-0.3, -0.25) is 14.4 Å². The number of aliphatic hydroxyl groups is 3. The number of hydrogen-bond donors (Lipinski definition) is 4. The van der Waals surface area contributed by atoms with Crippen molar-refractivity contribution in [1.82, 2.24) is 0 Å². The molecule has 0 heterocycles. The molecular weight excluding hydrogens is 400 g/mol. The monoisotopic (exact) mass is 436 g/mol. The van der Waals surface area contributed by atoms with Gasteiger partial charge in [-0.2, -0.15) is 0 Å². The molecule has 11 atom stereocenters. The quantitative estimate of drug-likeness (QED) is 0.494. The zero-order valence-electron chi connectivity index (χ0n) is 18.7. The molecule has 31 heavy (non-hydrogen) atoms. The minimum absolute atomic E-state index is 0.0149. The van der Waals surface area contributed by atoms with Crippen molar-refractivity contribution in [2.75, 3.05) is 0 Å². The first kappa shape index (κ1) is 22.9. The van der Waals surface area contributed by atoms with E-state index < -0.39 is 46.7 Å². The number of hydrogen-bond acceptors (Lipinski definition) is 6. The highest BCUT2D eigenvalue weighted by atomic mass is 16.4. The van der Waals surface area contributed by atoms with Gasteiger partial charge in [0.1, 0.15) is 6.10 Å². The average Bonchev–Trinajstić information content (AvgIpc) is 3.06. The van der Waals surface area contributed by atoms with Crippen LogP contribution in [0, 0.1) is 46.3 Å². The fraction of sp³-hybridized carbons (Fsp3) is 0.875. The average molecular weight is 437 g/mol. The Balaban J connectivity index is 1.67. The van der Waals surface area contributed by atoms with Crippen LogP contribution >= 0.6 is 0 Å². The SMILES string of the molecule is C[C@H](CCC(=O)O)[C@H]1CCC2C3C(C[C@H](O)[C@@]21C)[C@@]1(C)C(=O)C(=O)[C@@H](O)C[C@H]1C[C@H]3O. The highest BCUT2D eigenvalue weighted by molar-refractivity contribution is 6.41. The van der Waals surface area contributed by atoms with Gasteiger partial charge in [0.2, 0.25) is 11.6 Å². The molecule has 4 saturated carbocycles. The molecule has 174 valence electrons. The van der Waals surface area contributed by atoms with Crippen LogP contribution in [0.2, 0.25) is 0 Å². The van der Waals surface area contributed by atoms with Crippen molar-refractivity contribution in [3.05, 3.63) is 0 Å². The van der Waals surface area contributed by atoms with Gasteiger partial charge in [-0.1, -0.05) is 20.8 Å². The third-order valence-electron chi connectivity index (χ3n) is 10.1. The standard InChI is InChI=1S/C24H36O7/c1-11(4-7-19(28)29)13-5-6-14-20-15(10-18(27)24(13,14)3)23(2)12(8-16(20)25)9-17(26)21(30)22(23)31/h11-18,20,25-27H,4-10H2,1-3H3,(H,28,29)/t11-,12-,13-,14?,15?,16-,17+,18+,20?,23+,24-/m1/s1. The number of Topliss-reactive ketones (excluding diaryl/α,β-unsaturated/α-hetero) is 2. The van der Waals surface area contributed by atoms with Gasteiger partial charge < -0.3 is 20.4 Å². The van der Waals surface area contributed by atoms with Crippen LogP contribution in [0.15, 0.2) is 0 Å². The molecular formula is C24H36O7. The number of carboxylic acids is 1. The largest absolute Gasteiger partial charge is 0.481 e. The Morgan fingerprint density at radius 3 is 2.39 bits per heavy atom. The highest BCUT2D eigenvalue weighted by Crippen LogP contribution is 2.67. The molecule has 0 aromatic rings. The molecule has 4 fully saturated rings. The van der Waals surface area contributed by atoms with E-state index in [9.17, 15) is 29.7 Å². The van der Waals surface area contributed by atoms with Crippen LogP contribution in [0.25, 0.3) is 0 Å². The van der Waals surface area contributed by atoms with E-state index in [-0.39, 0.29) is 48.3 Å². The summed E-state index contributed by atoms with van der Waals surface area (Å²) in [6.07, 6.45) is 0.637. The van der Waals surface area contributed by atoms with E-state index in [1.54, 1.807) is 0 Å². The molecule has 4 rings (SSSR count). The number of carbonyl (C=O) groups is 3. The number of ketones is 2. The van der Waals surface area contributed by atoms with Crippen molar-refractivity contribution in [1.29, 1.82) is 0 Å². The van der Waals surface area contributed by atoms with Crippen LogP contribution in [-0.2, 0) is 14.4 Å². The summed E-state index contributed by atoms with van der Waals surface area (Å²) < 4.78 is 0. The Bertz CT molecular complexity index is 780. The molecule has 7 heteroatoms. The Labute approximate surface area is 183 Å². The van der Waals surface area contributed by atoms with Crippen molar-refractivity contribution in [3.63, 3.8) is 0 Å². The highest BCUT2D eigenvalue weighted by Gasteiger charge is 2.68. The number of carbonyl (C=O) groups excluding carboxylic acids is 2. The van der Waals surface area contributed by atoms with Crippen LogP contribution in [0.5, 0.6) is 0 Å². The van der Waals surface area contributed by atoms with E-state index in [1.807, 2.05) is 6.92 Å². The smallest absolute Gasteiger partial charge is 0.303 e. The number of fused-ring (bicyclic) bond motifs is 5.